The highest BCUT2D eigenvalue weighted by Gasteiger charge is 2.39. The van der Waals surface area contributed by atoms with Crippen LogP contribution in [-0.4, -0.2) is 56.5 Å². The maximum absolute atomic E-state index is 14.3. The lowest BCUT2D eigenvalue weighted by molar-refractivity contribution is 0.0256. The lowest BCUT2D eigenvalue weighted by Gasteiger charge is -2.41. The highest BCUT2D eigenvalue weighted by molar-refractivity contribution is 5.79. The number of H-pyrrole nitrogens is 1. The fourth-order valence-corrected chi connectivity index (χ4v) is 4.05. The number of nitrogens with one attached hydrogen (secondary N) is 1. The number of rotatable bonds is 4. The fraction of sp³-hybridized carbons (Fsp3) is 0.273. The quantitative estimate of drug-likeness (QED) is 0.606. The Balaban J connectivity index is 1.25. The Morgan fingerprint density at radius 2 is 1.91 bits per heavy atom. The third-order valence-electron chi connectivity index (χ3n) is 5.76. The van der Waals surface area contributed by atoms with Crippen LogP contribution in [-0.2, 0) is 0 Å². The largest absolute Gasteiger partial charge is 0.483 e. The Morgan fingerprint density at radius 3 is 2.59 bits per heavy atom. The normalized spacial score (nSPS) is 17.8. The summed E-state index contributed by atoms with van der Waals surface area (Å²) in [6.07, 6.45) is 2.45. The van der Waals surface area contributed by atoms with Gasteiger partial charge >= 0.3 is 6.03 Å². The van der Waals surface area contributed by atoms with E-state index in [9.17, 15) is 18.0 Å². The van der Waals surface area contributed by atoms with Crippen LogP contribution in [0.4, 0.5) is 23.8 Å². The predicted molar refractivity (Wildman–Crippen MR) is 116 cm³/mol. The molecule has 3 N–H and O–H groups in total. The molecule has 34 heavy (non-hydrogen) atoms. The van der Waals surface area contributed by atoms with E-state index < -0.39 is 35.6 Å². The number of pyridine rings is 1. The molecule has 3 aromatic rings. The second-order valence-corrected chi connectivity index (χ2v) is 8.13. The molecule has 2 aromatic heterocycles. The van der Waals surface area contributed by atoms with Gasteiger partial charge in [0.25, 0.3) is 0 Å². The van der Waals surface area contributed by atoms with E-state index in [0.717, 1.165) is 12.3 Å². The molecule has 1 aromatic carbocycles. The number of amides is 2. The molecule has 1 saturated heterocycles. The van der Waals surface area contributed by atoms with Gasteiger partial charge in [0, 0.05) is 30.5 Å². The van der Waals surface area contributed by atoms with E-state index in [4.69, 9.17) is 10.5 Å². The van der Waals surface area contributed by atoms with Crippen molar-refractivity contribution < 1.29 is 22.7 Å². The average molecular weight is 471 g/mol. The molecular weight excluding hydrogens is 451 g/mol. The Bertz CT molecular complexity index is 1250. The summed E-state index contributed by atoms with van der Waals surface area (Å²) in [6.45, 7) is 2.16. The second-order valence-electron chi connectivity index (χ2n) is 8.13. The molecule has 1 atom stereocenters. The van der Waals surface area contributed by atoms with Crippen LogP contribution in [0.15, 0.2) is 35.6 Å². The van der Waals surface area contributed by atoms with Crippen molar-refractivity contribution in [3.05, 3.63) is 59.2 Å². The first-order chi connectivity index (χ1) is 16.3. The minimum absolute atomic E-state index is 0.0191. The Kier molecular flexibility index (Phi) is 5.34. The number of benzene rings is 1. The van der Waals surface area contributed by atoms with Crippen LogP contribution in [0.1, 0.15) is 23.7 Å². The van der Waals surface area contributed by atoms with Gasteiger partial charge in [-0.1, -0.05) is 0 Å². The summed E-state index contributed by atoms with van der Waals surface area (Å²) in [6, 6.07) is 3.54. The minimum Gasteiger partial charge on any atom is -0.483 e. The number of likely N-dealkylation sites (tertiary alicyclic amines) is 1. The summed E-state index contributed by atoms with van der Waals surface area (Å²) in [5, 5.41) is 11.9. The van der Waals surface area contributed by atoms with Crippen LogP contribution in [0.5, 0.6) is 5.75 Å². The number of halogens is 3. The van der Waals surface area contributed by atoms with Gasteiger partial charge in [-0.15, -0.1) is 0 Å². The van der Waals surface area contributed by atoms with Gasteiger partial charge < -0.3 is 15.4 Å². The molecule has 0 radical (unpaired) electrons. The maximum Gasteiger partial charge on any atom is 0.341 e. The van der Waals surface area contributed by atoms with E-state index in [0.29, 0.717) is 28.9 Å². The van der Waals surface area contributed by atoms with E-state index in [1.807, 2.05) is 0 Å². The number of nitrogen functional groups attached to an aromatic ring is 1. The van der Waals surface area contributed by atoms with Gasteiger partial charge in [0.05, 0.1) is 36.6 Å². The highest BCUT2D eigenvalue weighted by Crippen LogP contribution is 2.33. The number of hydrogen-bond donors (Lipinski definition) is 2. The molecule has 9 nitrogen and oxygen atoms in total. The van der Waals surface area contributed by atoms with Gasteiger partial charge in [-0.05, 0) is 24.6 Å². The van der Waals surface area contributed by atoms with Crippen LogP contribution in [0.25, 0.3) is 11.3 Å². The summed E-state index contributed by atoms with van der Waals surface area (Å²) in [5.41, 5.74) is 7.83. The number of aromatic amines is 1. The van der Waals surface area contributed by atoms with Crippen molar-refractivity contribution in [2.75, 3.05) is 18.8 Å². The molecule has 4 heterocycles. The van der Waals surface area contributed by atoms with Gasteiger partial charge in [0.15, 0.2) is 17.4 Å². The van der Waals surface area contributed by atoms with E-state index in [1.165, 1.54) is 34.3 Å². The van der Waals surface area contributed by atoms with E-state index in [2.05, 4.69) is 20.3 Å². The van der Waals surface area contributed by atoms with Crippen molar-refractivity contribution >= 4 is 18.1 Å². The molecule has 5 rings (SSSR count). The van der Waals surface area contributed by atoms with E-state index >= 15 is 0 Å². The van der Waals surface area contributed by atoms with Gasteiger partial charge in [-0.25, -0.2) is 23.0 Å². The van der Waals surface area contributed by atoms with Crippen molar-refractivity contribution in [1.29, 1.82) is 0 Å². The first-order valence-electron chi connectivity index (χ1n) is 10.5. The highest BCUT2D eigenvalue weighted by atomic mass is 19.1. The molecule has 0 unspecified atom stereocenters. The van der Waals surface area contributed by atoms with Crippen molar-refractivity contribution in [2.45, 2.75) is 25.5 Å². The molecule has 0 bridgehead atoms. The van der Waals surface area contributed by atoms with Crippen LogP contribution < -0.4 is 10.5 Å². The number of urea groups is 1. The van der Waals surface area contributed by atoms with Gasteiger partial charge in [0.2, 0.25) is 0 Å². The number of carbonyl (C=O) groups excluding carboxylic acids is 1. The topological polar surface area (TPSA) is 113 Å². The number of aromatic nitrogens is 3. The number of hydrazone groups is 1. The zero-order valence-electron chi connectivity index (χ0n) is 18.0. The monoisotopic (exact) mass is 471 g/mol. The van der Waals surface area contributed by atoms with E-state index in [-0.39, 0.29) is 24.7 Å². The number of carbonyl (C=O) groups is 1. The summed E-state index contributed by atoms with van der Waals surface area (Å²) >= 11 is 0. The SMILES string of the molecule is Cc1[nH]nc(N)c1-c1cc(OC2CN(C(=O)N3N=CC[C@H]3c3cc(F)cc(F)c3)C2)c(F)cn1. The van der Waals surface area contributed by atoms with E-state index in [1.54, 1.807) is 6.92 Å². The Hall–Kier alpha value is -4.09. The number of hydrogen-bond acceptors (Lipinski definition) is 6. The molecular formula is C22H20F3N7O2. The van der Waals surface area contributed by atoms with Crippen LogP contribution in [0, 0.1) is 24.4 Å². The standard InChI is InChI=1S/C22H20F3N7O2/c1-11-20(21(26)30-29-11)17-7-19(16(25)8-27-17)34-15-9-31(10-15)22(33)32-18(2-3-28-32)12-4-13(23)6-14(24)5-12/h3-8,15,18H,2,9-10H2,1H3,(H3,26,29,30)/t18-/m0/s1. The first kappa shape index (κ1) is 21.7. The molecule has 0 spiro atoms. The smallest absolute Gasteiger partial charge is 0.341 e. The number of nitrogens with zero attached hydrogens (tertiary/aromatic N) is 5. The molecule has 176 valence electrons. The van der Waals surface area contributed by atoms with Crippen LogP contribution >= 0.6 is 0 Å². The van der Waals surface area contributed by atoms with Gasteiger partial charge in [-0.2, -0.15) is 10.2 Å². The Morgan fingerprint density at radius 1 is 1.18 bits per heavy atom. The summed E-state index contributed by atoms with van der Waals surface area (Å²) in [5.74, 6) is -1.88. The third-order valence-corrected chi connectivity index (χ3v) is 5.76. The van der Waals surface area contributed by atoms with Crippen LogP contribution in [0.2, 0.25) is 0 Å². The average Bonchev–Trinajstić information content (AvgIpc) is 3.37. The zero-order valence-corrected chi connectivity index (χ0v) is 18.0. The molecule has 12 heteroatoms. The van der Waals surface area contributed by atoms with Crippen molar-refractivity contribution in [3.63, 3.8) is 0 Å². The summed E-state index contributed by atoms with van der Waals surface area (Å²) in [7, 11) is 0. The molecule has 0 saturated carbocycles. The lowest BCUT2D eigenvalue weighted by atomic mass is 10.0. The molecule has 2 aliphatic heterocycles. The third kappa shape index (κ3) is 3.91. The summed E-state index contributed by atoms with van der Waals surface area (Å²) < 4.78 is 47.4. The maximum atomic E-state index is 14.3. The number of anilines is 1. The van der Waals surface area contributed by atoms with Crippen molar-refractivity contribution in [2.24, 2.45) is 5.10 Å². The van der Waals surface area contributed by atoms with Gasteiger partial charge in [-0.3, -0.25) is 10.1 Å². The number of nitrogens with two attached hydrogens (primary N) is 1. The van der Waals surface area contributed by atoms with Gasteiger partial charge in [0.1, 0.15) is 17.7 Å². The minimum atomic E-state index is -0.724. The molecule has 2 aliphatic rings. The lowest BCUT2D eigenvalue weighted by Crippen LogP contribution is -2.58. The molecule has 0 aliphatic carbocycles. The number of aryl methyl sites for hydroxylation is 1. The second kappa shape index (κ2) is 8.36. The van der Waals surface area contributed by atoms with Crippen molar-refractivity contribution in [3.8, 4) is 17.0 Å². The Labute approximate surface area is 192 Å². The predicted octanol–water partition coefficient (Wildman–Crippen LogP) is 3.40. The number of ether oxygens (including phenoxy) is 1. The molecule has 1 fully saturated rings. The van der Waals surface area contributed by atoms with Crippen LogP contribution in [0.3, 0.4) is 0 Å². The zero-order chi connectivity index (χ0) is 24.0. The van der Waals surface area contributed by atoms with Crippen molar-refractivity contribution in [1.82, 2.24) is 25.1 Å². The fourth-order valence-electron chi connectivity index (χ4n) is 4.05. The first-order valence-corrected chi connectivity index (χ1v) is 10.5. The molecule has 2 amide bonds. The summed E-state index contributed by atoms with van der Waals surface area (Å²) in [4.78, 5) is 18.4.